The van der Waals surface area contributed by atoms with E-state index in [-0.39, 0.29) is 4.90 Å². The molecule has 7 nitrogen and oxygen atoms in total. The Balaban J connectivity index is 1.63. The number of rotatable bonds is 6. The summed E-state index contributed by atoms with van der Waals surface area (Å²) in [6, 6.07) is 6.16. The van der Waals surface area contributed by atoms with E-state index in [1.165, 1.54) is 5.56 Å². The minimum Gasteiger partial charge on any atom is -0.360 e. The lowest BCUT2D eigenvalue weighted by Crippen LogP contribution is -2.26. The summed E-state index contributed by atoms with van der Waals surface area (Å²) in [5.74, 6) is 0.300. The van der Waals surface area contributed by atoms with Gasteiger partial charge in [-0.1, -0.05) is 17.3 Å². The van der Waals surface area contributed by atoms with Gasteiger partial charge in [0, 0.05) is 18.5 Å². The third-order valence-corrected chi connectivity index (χ3v) is 5.58. The Labute approximate surface area is 140 Å². The molecular weight excluding hydrogens is 328 g/mol. The first-order valence-corrected chi connectivity index (χ1v) is 9.21. The van der Waals surface area contributed by atoms with E-state index >= 15 is 0 Å². The second-order valence-corrected chi connectivity index (χ2v) is 7.54. The van der Waals surface area contributed by atoms with Crippen molar-refractivity contribution in [2.45, 2.75) is 38.6 Å². The van der Waals surface area contributed by atoms with Gasteiger partial charge in [-0.25, -0.2) is 13.1 Å². The molecule has 0 fully saturated rings. The lowest BCUT2D eigenvalue weighted by Gasteiger charge is -2.07. The van der Waals surface area contributed by atoms with Gasteiger partial charge >= 0.3 is 0 Å². The van der Waals surface area contributed by atoms with Crippen molar-refractivity contribution in [3.63, 3.8) is 0 Å². The van der Waals surface area contributed by atoms with Gasteiger partial charge in [0.2, 0.25) is 10.0 Å². The van der Waals surface area contributed by atoms with E-state index in [0.29, 0.717) is 31.0 Å². The largest absolute Gasteiger partial charge is 0.360 e. The first kappa shape index (κ1) is 16.7. The smallest absolute Gasteiger partial charge is 0.245 e. The van der Waals surface area contributed by atoms with E-state index in [1.807, 2.05) is 29.9 Å². The van der Waals surface area contributed by atoms with E-state index in [0.717, 1.165) is 10.9 Å². The van der Waals surface area contributed by atoms with Crippen molar-refractivity contribution >= 4 is 20.9 Å². The monoisotopic (exact) mass is 348 g/mol. The Morgan fingerprint density at radius 1 is 1.25 bits per heavy atom. The van der Waals surface area contributed by atoms with Gasteiger partial charge in [0.05, 0.1) is 11.7 Å². The molecule has 0 saturated carbocycles. The Morgan fingerprint density at radius 2 is 2.04 bits per heavy atom. The number of nitrogens with one attached hydrogen (secondary N) is 1. The highest BCUT2D eigenvalue weighted by Crippen LogP contribution is 2.19. The van der Waals surface area contributed by atoms with Crippen molar-refractivity contribution < 1.29 is 12.9 Å². The van der Waals surface area contributed by atoms with Gasteiger partial charge in [-0.2, -0.15) is 5.10 Å². The molecule has 0 bridgehead atoms. The summed E-state index contributed by atoms with van der Waals surface area (Å²) in [5.41, 5.74) is 2.60. The third kappa shape index (κ3) is 3.20. The number of aromatic nitrogens is 3. The van der Waals surface area contributed by atoms with Crippen LogP contribution in [-0.2, 0) is 16.6 Å². The fourth-order valence-corrected chi connectivity index (χ4v) is 4.12. The van der Waals surface area contributed by atoms with Gasteiger partial charge in [0.25, 0.3) is 0 Å². The number of fused-ring (bicyclic) bond motifs is 1. The maximum absolute atomic E-state index is 12.3. The molecule has 3 rings (SSSR count). The molecule has 128 valence electrons. The molecule has 1 N–H and O–H groups in total. The number of hydrogen-bond donors (Lipinski definition) is 1. The topological polar surface area (TPSA) is 90.0 Å². The lowest BCUT2D eigenvalue weighted by atomic mass is 10.2. The van der Waals surface area contributed by atoms with Crippen molar-refractivity contribution in [1.82, 2.24) is 19.7 Å². The van der Waals surface area contributed by atoms with Gasteiger partial charge in [-0.15, -0.1) is 0 Å². The number of aryl methyl sites for hydroxylation is 4. The molecule has 0 amide bonds. The standard InChI is InChI=1S/C16H20N4O3S/c1-11-5-6-14-10-17-20(15(14)9-11)8-4-7-18-24(21,22)16-12(2)19-23-13(16)3/h5-6,9-10,18H,4,7-8H2,1-3H3. The molecule has 2 aromatic heterocycles. The molecule has 24 heavy (non-hydrogen) atoms. The van der Waals surface area contributed by atoms with Crippen LogP contribution in [0.4, 0.5) is 0 Å². The molecule has 0 aliphatic rings. The van der Waals surface area contributed by atoms with Crippen molar-refractivity contribution in [2.75, 3.05) is 6.54 Å². The van der Waals surface area contributed by atoms with Crippen molar-refractivity contribution in [3.05, 3.63) is 41.4 Å². The zero-order chi connectivity index (χ0) is 17.3. The van der Waals surface area contributed by atoms with Crippen LogP contribution in [-0.4, -0.2) is 29.9 Å². The zero-order valence-electron chi connectivity index (χ0n) is 13.9. The minimum absolute atomic E-state index is 0.127. The highest BCUT2D eigenvalue weighted by molar-refractivity contribution is 7.89. The van der Waals surface area contributed by atoms with Gasteiger partial charge < -0.3 is 4.52 Å². The fourth-order valence-electron chi connectivity index (χ4n) is 2.72. The highest BCUT2D eigenvalue weighted by Gasteiger charge is 2.23. The predicted molar refractivity (Wildman–Crippen MR) is 90.3 cm³/mol. The average Bonchev–Trinajstić information content (AvgIpc) is 3.07. The molecule has 3 aromatic rings. The van der Waals surface area contributed by atoms with Gasteiger partial charge in [-0.05, 0) is 38.8 Å². The predicted octanol–water partition coefficient (Wildman–Crippen LogP) is 2.32. The SMILES string of the molecule is Cc1ccc2cnn(CCCNS(=O)(=O)c3c(C)noc3C)c2c1. The zero-order valence-corrected chi connectivity index (χ0v) is 14.7. The van der Waals surface area contributed by atoms with Crippen molar-refractivity contribution in [1.29, 1.82) is 0 Å². The summed E-state index contributed by atoms with van der Waals surface area (Å²) >= 11 is 0. The van der Waals surface area contributed by atoms with E-state index in [9.17, 15) is 8.42 Å². The Morgan fingerprint density at radius 3 is 2.75 bits per heavy atom. The van der Waals surface area contributed by atoms with E-state index < -0.39 is 10.0 Å². The normalized spacial score (nSPS) is 12.1. The summed E-state index contributed by atoms with van der Waals surface area (Å²) in [6.45, 7) is 6.20. The second kappa shape index (κ2) is 6.37. The lowest BCUT2D eigenvalue weighted by molar-refractivity contribution is 0.390. The number of hydrogen-bond acceptors (Lipinski definition) is 5. The maximum Gasteiger partial charge on any atom is 0.245 e. The van der Waals surface area contributed by atoms with Crippen LogP contribution in [0.25, 0.3) is 10.9 Å². The molecule has 1 aromatic carbocycles. The van der Waals surface area contributed by atoms with Crippen LogP contribution in [0.3, 0.4) is 0 Å². The summed E-state index contributed by atoms with van der Waals surface area (Å²) in [6.07, 6.45) is 2.45. The molecular formula is C16H20N4O3S. The minimum atomic E-state index is -3.60. The summed E-state index contributed by atoms with van der Waals surface area (Å²) < 4.78 is 34.1. The number of nitrogens with zero attached hydrogens (tertiary/aromatic N) is 3. The first-order chi connectivity index (χ1) is 11.4. The Kier molecular flexibility index (Phi) is 4.42. The summed E-state index contributed by atoms with van der Waals surface area (Å²) in [4.78, 5) is 0.127. The van der Waals surface area contributed by atoms with E-state index in [2.05, 4.69) is 21.0 Å². The highest BCUT2D eigenvalue weighted by atomic mass is 32.2. The van der Waals surface area contributed by atoms with Crippen molar-refractivity contribution in [3.8, 4) is 0 Å². The third-order valence-electron chi connectivity index (χ3n) is 3.88. The number of benzene rings is 1. The van der Waals surface area contributed by atoms with E-state index in [1.54, 1.807) is 13.8 Å². The van der Waals surface area contributed by atoms with Crippen molar-refractivity contribution in [2.24, 2.45) is 0 Å². The van der Waals surface area contributed by atoms with Crippen LogP contribution in [0.15, 0.2) is 33.8 Å². The Hall–Kier alpha value is -2.19. The summed E-state index contributed by atoms with van der Waals surface area (Å²) in [7, 11) is -3.60. The van der Waals surface area contributed by atoms with E-state index in [4.69, 9.17) is 4.52 Å². The number of sulfonamides is 1. The summed E-state index contributed by atoms with van der Waals surface area (Å²) in [5, 5.41) is 9.13. The molecule has 0 radical (unpaired) electrons. The molecule has 0 atom stereocenters. The average molecular weight is 348 g/mol. The van der Waals surface area contributed by atoms with Gasteiger partial charge in [-0.3, -0.25) is 4.68 Å². The van der Waals surface area contributed by atoms with Gasteiger partial charge in [0.15, 0.2) is 5.76 Å². The fraction of sp³-hybridized carbons (Fsp3) is 0.375. The maximum atomic E-state index is 12.3. The van der Waals surface area contributed by atoms with Crippen LogP contribution in [0.2, 0.25) is 0 Å². The second-order valence-electron chi connectivity index (χ2n) is 5.83. The molecule has 0 aliphatic carbocycles. The van der Waals surface area contributed by atoms with Crippen LogP contribution in [0, 0.1) is 20.8 Å². The Bertz CT molecular complexity index is 953. The van der Waals surface area contributed by atoms with Crippen LogP contribution in [0.5, 0.6) is 0 Å². The molecule has 0 spiro atoms. The van der Waals surface area contributed by atoms with Crippen LogP contribution < -0.4 is 4.72 Å². The molecule has 0 saturated heterocycles. The molecule has 0 aliphatic heterocycles. The molecule has 0 unspecified atom stereocenters. The first-order valence-electron chi connectivity index (χ1n) is 7.73. The van der Waals surface area contributed by atoms with Gasteiger partial charge in [0.1, 0.15) is 10.6 Å². The molecule has 8 heteroatoms. The van der Waals surface area contributed by atoms with Crippen LogP contribution >= 0.6 is 0 Å². The van der Waals surface area contributed by atoms with Crippen LogP contribution in [0.1, 0.15) is 23.4 Å². The molecule has 2 heterocycles. The quantitative estimate of drug-likeness (QED) is 0.691.